The van der Waals surface area contributed by atoms with E-state index in [1.165, 1.54) is 23.8 Å². The molecule has 0 fully saturated rings. The molecular formula is C26H28N2O3. The molecule has 160 valence electrons. The van der Waals surface area contributed by atoms with Crippen LogP contribution in [0.4, 0.5) is 0 Å². The summed E-state index contributed by atoms with van der Waals surface area (Å²) in [7, 11) is 3.31. The van der Waals surface area contributed by atoms with Crippen LogP contribution in [0.1, 0.15) is 28.4 Å². The molecule has 3 rings (SSSR count). The number of nitrogens with one attached hydrogen (secondary N) is 1. The number of likely N-dealkylation sites (N-methyl/N-ethyl adjacent to an activating group) is 1. The van der Waals surface area contributed by atoms with Crippen molar-refractivity contribution in [3.63, 3.8) is 0 Å². The minimum Gasteiger partial charge on any atom is -0.465 e. The van der Waals surface area contributed by atoms with E-state index in [9.17, 15) is 9.59 Å². The summed E-state index contributed by atoms with van der Waals surface area (Å²) in [4.78, 5) is 26.3. The molecule has 0 aliphatic carbocycles. The van der Waals surface area contributed by atoms with Gasteiger partial charge in [-0.05, 0) is 48.4 Å². The molecule has 1 amide bonds. The summed E-state index contributed by atoms with van der Waals surface area (Å²) in [6, 6.07) is 25.3. The lowest BCUT2D eigenvalue weighted by atomic mass is 9.99. The zero-order chi connectivity index (χ0) is 22.2. The molecule has 1 N–H and O–H groups in total. The van der Waals surface area contributed by atoms with Crippen molar-refractivity contribution in [2.24, 2.45) is 0 Å². The van der Waals surface area contributed by atoms with Crippen LogP contribution in [0.2, 0.25) is 0 Å². The van der Waals surface area contributed by atoms with Gasteiger partial charge in [-0.1, -0.05) is 66.7 Å². The molecule has 0 aliphatic heterocycles. The van der Waals surface area contributed by atoms with Gasteiger partial charge in [0.1, 0.15) is 0 Å². The van der Waals surface area contributed by atoms with Gasteiger partial charge in [0.15, 0.2) is 0 Å². The third-order valence-corrected chi connectivity index (χ3v) is 5.40. The van der Waals surface area contributed by atoms with Crippen molar-refractivity contribution in [2.75, 3.05) is 14.2 Å². The number of benzene rings is 3. The van der Waals surface area contributed by atoms with Crippen molar-refractivity contribution in [3.05, 3.63) is 95.6 Å². The lowest BCUT2D eigenvalue weighted by molar-refractivity contribution is -0.125. The van der Waals surface area contributed by atoms with E-state index in [2.05, 4.69) is 29.6 Å². The molecule has 0 bridgehead atoms. The maximum absolute atomic E-state index is 12.7. The maximum atomic E-state index is 12.7. The van der Waals surface area contributed by atoms with Crippen LogP contribution < -0.4 is 5.32 Å². The van der Waals surface area contributed by atoms with Crippen LogP contribution in [0.5, 0.6) is 0 Å². The first kappa shape index (κ1) is 22.2. The Morgan fingerprint density at radius 3 is 2.26 bits per heavy atom. The highest BCUT2D eigenvalue weighted by Crippen LogP contribution is 2.24. The van der Waals surface area contributed by atoms with Crippen LogP contribution in [-0.4, -0.2) is 37.0 Å². The van der Waals surface area contributed by atoms with E-state index in [4.69, 9.17) is 4.74 Å². The number of esters is 1. The summed E-state index contributed by atoms with van der Waals surface area (Å²) in [5, 5.41) is 2.98. The van der Waals surface area contributed by atoms with Crippen molar-refractivity contribution < 1.29 is 14.3 Å². The molecule has 1 unspecified atom stereocenters. The second-order valence-electron chi connectivity index (χ2n) is 7.52. The van der Waals surface area contributed by atoms with Crippen molar-refractivity contribution >= 4 is 11.9 Å². The SMILES string of the molecule is COC(=O)c1ccc(CNC(=O)C(C)N(C)Cc2ccccc2-c2ccccc2)cc1. The fraction of sp³-hybridized carbons (Fsp3) is 0.231. The van der Waals surface area contributed by atoms with E-state index in [1.807, 2.05) is 61.3 Å². The average Bonchev–Trinajstić information content (AvgIpc) is 2.82. The number of methoxy groups -OCH3 is 1. The number of ether oxygens (including phenoxy) is 1. The third-order valence-electron chi connectivity index (χ3n) is 5.40. The van der Waals surface area contributed by atoms with E-state index in [1.54, 1.807) is 12.1 Å². The average molecular weight is 417 g/mol. The first-order chi connectivity index (χ1) is 15.0. The molecular weight excluding hydrogens is 388 g/mol. The third kappa shape index (κ3) is 5.80. The molecule has 0 spiro atoms. The summed E-state index contributed by atoms with van der Waals surface area (Å²) < 4.78 is 4.70. The standard InChI is InChI=1S/C26H28N2O3/c1-19(25(29)27-17-20-13-15-22(16-14-20)26(30)31-3)28(2)18-23-11-7-8-12-24(23)21-9-5-4-6-10-21/h4-16,19H,17-18H2,1-3H3,(H,27,29). The van der Waals surface area contributed by atoms with E-state index < -0.39 is 0 Å². The molecule has 0 saturated carbocycles. The summed E-state index contributed by atoms with van der Waals surface area (Å²) in [5.74, 6) is -0.418. The highest BCUT2D eigenvalue weighted by atomic mass is 16.5. The molecule has 5 heteroatoms. The first-order valence-corrected chi connectivity index (χ1v) is 10.3. The Balaban J connectivity index is 1.60. The molecule has 5 nitrogen and oxygen atoms in total. The predicted octanol–water partition coefficient (Wildman–Crippen LogP) is 4.28. The number of hydrogen-bond donors (Lipinski definition) is 1. The van der Waals surface area contributed by atoms with E-state index >= 15 is 0 Å². The molecule has 0 aromatic heterocycles. The highest BCUT2D eigenvalue weighted by Gasteiger charge is 2.19. The Labute approximate surface area is 183 Å². The molecule has 0 radical (unpaired) electrons. The zero-order valence-corrected chi connectivity index (χ0v) is 18.2. The predicted molar refractivity (Wildman–Crippen MR) is 122 cm³/mol. The first-order valence-electron chi connectivity index (χ1n) is 10.3. The molecule has 0 saturated heterocycles. The topological polar surface area (TPSA) is 58.6 Å². The van der Waals surface area contributed by atoms with E-state index in [0.29, 0.717) is 18.7 Å². The Hall–Kier alpha value is -3.44. The van der Waals surface area contributed by atoms with Crippen LogP contribution in [0, 0.1) is 0 Å². The van der Waals surface area contributed by atoms with Crippen LogP contribution in [0.15, 0.2) is 78.9 Å². The quantitative estimate of drug-likeness (QED) is 0.557. The molecule has 31 heavy (non-hydrogen) atoms. The number of amides is 1. The van der Waals surface area contributed by atoms with Gasteiger partial charge in [-0.15, -0.1) is 0 Å². The van der Waals surface area contributed by atoms with Gasteiger partial charge in [0.25, 0.3) is 0 Å². The van der Waals surface area contributed by atoms with Crippen LogP contribution >= 0.6 is 0 Å². The smallest absolute Gasteiger partial charge is 0.337 e. The van der Waals surface area contributed by atoms with Gasteiger partial charge < -0.3 is 10.1 Å². The van der Waals surface area contributed by atoms with Crippen molar-refractivity contribution in [2.45, 2.75) is 26.1 Å². The number of carbonyl (C=O) groups excluding carboxylic acids is 2. The van der Waals surface area contributed by atoms with Crippen molar-refractivity contribution in [1.29, 1.82) is 0 Å². The Bertz CT molecular complexity index is 1020. The lowest BCUT2D eigenvalue weighted by Crippen LogP contribution is -2.42. The van der Waals surface area contributed by atoms with Gasteiger partial charge in [-0.25, -0.2) is 4.79 Å². The lowest BCUT2D eigenvalue weighted by Gasteiger charge is -2.25. The number of rotatable bonds is 8. The fourth-order valence-corrected chi connectivity index (χ4v) is 3.38. The van der Waals surface area contributed by atoms with E-state index in [0.717, 1.165) is 5.56 Å². The zero-order valence-electron chi connectivity index (χ0n) is 18.2. The van der Waals surface area contributed by atoms with Gasteiger partial charge in [-0.2, -0.15) is 0 Å². The number of nitrogens with zero attached hydrogens (tertiary/aromatic N) is 1. The van der Waals surface area contributed by atoms with Gasteiger partial charge in [0, 0.05) is 13.1 Å². The van der Waals surface area contributed by atoms with Crippen LogP contribution in [0.25, 0.3) is 11.1 Å². The molecule has 1 atom stereocenters. The summed E-state index contributed by atoms with van der Waals surface area (Å²) >= 11 is 0. The second kappa shape index (κ2) is 10.5. The molecule has 0 aliphatic rings. The van der Waals surface area contributed by atoms with Crippen LogP contribution in [-0.2, 0) is 22.6 Å². The number of hydrogen-bond acceptors (Lipinski definition) is 4. The minimum absolute atomic E-state index is 0.0447. The number of carbonyl (C=O) groups is 2. The summed E-state index contributed by atoms with van der Waals surface area (Å²) in [6.45, 7) is 2.97. The summed E-state index contributed by atoms with van der Waals surface area (Å²) in [6.07, 6.45) is 0. The largest absolute Gasteiger partial charge is 0.465 e. The Morgan fingerprint density at radius 1 is 0.935 bits per heavy atom. The molecule has 3 aromatic rings. The van der Waals surface area contributed by atoms with Crippen molar-refractivity contribution in [3.8, 4) is 11.1 Å². The Kier molecular flexibility index (Phi) is 7.57. The normalized spacial score (nSPS) is 11.7. The Morgan fingerprint density at radius 2 is 1.58 bits per heavy atom. The molecule has 3 aromatic carbocycles. The minimum atomic E-state index is -0.374. The van der Waals surface area contributed by atoms with Gasteiger partial charge in [-0.3, -0.25) is 9.69 Å². The van der Waals surface area contributed by atoms with E-state index in [-0.39, 0.29) is 17.9 Å². The van der Waals surface area contributed by atoms with Gasteiger partial charge in [0.2, 0.25) is 5.91 Å². The van der Waals surface area contributed by atoms with Crippen LogP contribution in [0.3, 0.4) is 0 Å². The molecule has 0 heterocycles. The monoisotopic (exact) mass is 416 g/mol. The highest BCUT2D eigenvalue weighted by molar-refractivity contribution is 5.89. The fourth-order valence-electron chi connectivity index (χ4n) is 3.38. The van der Waals surface area contributed by atoms with Gasteiger partial charge in [0.05, 0.1) is 18.7 Å². The second-order valence-corrected chi connectivity index (χ2v) is 7.52. The maximum Gasteiger partial charge on any atom is 0.337 e. The van der Waals surface area contributed by atoms with Gasteiger partial charge >= 0.3 is 5.97 Å². The van der Waals surface area contributed by atoms with Crippen molar-refractivity contribution in [1.82, 2.24) is 10.2 Å². The summed E-state index contributed by atoms with van der Waals surface area (Å²) in [5.41, 5.74) is 4.93.